The molecule has 118 valence electrons. The minimum atomic E-state index is -4.74. The van der Waals surface area contributed by atoms with Crippen LogP contribution in [-0.2, 0) is 16.0 Å². The van der Waals surface area contributed by atoms with Crippen molar-refractivity contribution in [3.63, 3.8) is 0 Å². The van der Waals surface area contributed by atoms with E-state index in [1.165, 1.54) is 6.07 Å². The van der Waals surface area contributed by atoms with Gasteiger partial charge in [0.25, 0.3) is 0 Å². The van der Waals surface area contributed by atoms with Crippen molar-refractivity contribution >= 4 is 9.84 Å². The summed E-state index contributed by atoms with van der Waals surface area (Å²) in [6.07, 6.45) is -3.29. The predicted molar refractivity (Wildman–Crippen MR) is 71.5 cm³/mol. The molecule has 1 N–H and O–H groups in total. The third kappa shape index (κ3) is 3.40. The van der Waals surface area contributed by atoms with Crippen LogP contribution >= 0.6 is 0 Å². The second-order valence-electron chi connectivity index (χ2n) is 5.28. The number of hydrogen-bond acceptors (Lipinski definition) is 3. The summed E-state index contributed by atoms with van der Waals surface area (Å²) in [5.74, 6) is 0. The van der Waals surface area contributed by atoms with E-state index in [1.807, 2.05) is 0 Å². The van der Waals surface area contributed by atoms with Crippen LogP contribution in [0.5, 0.6) is 0 Å². The van der Waals surface area contributed by atoms with Gasteiger partial charge in [0.05, 0.1) is 21.8 Å². The summed E-state index contributed by atoms with van der Waals surface area (Å²) in [4.78, 5) is -0.733. The van der Waals surface area contributed by atoms with Gasteiger partial charge in [-0.1, -0.05) is 31.4 Å². The topological polar surface area (TPSA) is 54.4 Å². The molecule has 2 rings (SSSR count). The molecule has 1 aromatic rings. The molecule has 0 heterocycles. The van der Waals surface area contributed by atoms with E-state index in [0.29, 0.717) is 19.3 Å². The highest BCUT2D eigenvalue weighted by molar-refractivity contribution is 7.92. The molecule has 7 heteroatoms. The van der Waals surface area contributed by atoms with Gasteiger partial charge in [-0.05, 0) is 25.0 Å². The highest BCUT2D eigenvalue weighted by Crippen LogP contribution is 2.37. The summed E-state index contributed by atoms with van der Waals surface area (Å²) in [5, 5.41) is 8.82. The van der Waals surface area contributed by atoms with E-state index in [2.05, 4.69) is 0 Å². The Bertz CT molecular complexity index is 596. The van der Waals surface area contributed by atoms with Gasteiger partial charge in [0.2, 0.25) is 0 Å². The third-order valence-corrected chi connectivity index (χ3v) is 6.13. The highest BCUT2D eigenvalue weighted by Gasteiger charge is 2.41. The van der Waals surface area contributed by atoms with Gasteiger partial charge >= 0.3 is 6.18 Å². The molecule has 1 aromatic carbocycles. The van der Waals surface area contributed by atoms with Crippen LogP contribution in [0.25, 0.3) is 0 Å². The minimum Gasteiger partial charge on any atom is -0.392 e. The molecule has 0 aromatic heterocycles. The summed E-state index contributed by atoms with van der Waals surface area (Å²) in [6.45, 7) is 0. The average molecular weight is 322 g/mol. The molecule has 1 aliphatic rings. The number of alkyl halides is 3. The van der Waals surface area contributed by atoms with Gasteiger partial charge in [0.15, 0.2) is 9.84 Å². The second-order valence-corrected chi connectivity index (χ2v) is 7.42. The summed E-state index contributed by atoms with van der Waals surface area (Å²) < 4.78 is 64.1. The lowest BCUT2D eigenvalue weighted by atomic mass is 10.1. The molecule has 1 saturated carbocycles. The third-order valence-electron chi connectivity index (χ3n) is 3.82. The van der Waals surface area contributed by atoms with Gasteiger partial charge in [-0.15, -0.1) is 0 Å². The molecular formula is C14H17F3O3S. The maximum Gasteiger partial charge on any atom is 0.417 e. The van der Waals surface area contributed by atoms with Gasteiger partial charge in [-0.3, -0.25) is 0 Å². The monoisotopic (exact) mass is 322 g/mol. The van der Waals surface area contributed by atoms with Gasteiger partial charge in [0.1, 0.15) is 0 Å². The Morgan fingerprint density at radius 2 is 1.67 bits per heavy atom. The van der Waals surface area contributed by atoms with Crippen LogP contribution in [0.2, 0.25) is 0 Å². The Morgan fingerprint density at radius 1 is 1.05 bits per heavy atom. The van der Waals surface area contributed by atoms with Gasteiger partial charge < -0.3 is 5.11 Å². The number of aliphatic hydroxyl groups is 1. The first kappa shape index (κ1) is 16.3. The van der Waals surface area contributed by atoms with Crippen molar-refractivity contribution in [2.24, 2.45) is 0 Å². The minimum absolute atomic E-state index is 0.190. The lowest BCUT2D eigenvalue weighted by Crippen LogP contribution is -2.34. The fourth-order valence-electron chi connectivity index (χ4n) is 2.73. The average Bonchev–Trinajstić information content (AvgIpc) is 2.63. The Morgan fingerprint density at radius 3 is 2.33 bits per heavy atom. The van der Waals surface area contributed by atoms with Crippen LogP contribution in [0.1, 0.15) is 37.7 Å². The molecule has 0 bridgehead atoms. The second kappa shape index (κ2) is 5.96. The lowest BCUT2D eigenvalue weighted by molar-refractivity contribution is -0.139. The lowest BCUT2D eigenvalue weighted by Gasteiger charge is -2.22. The maximum absolute atomic E-state index is 13.0. The van der Waals surface area contributed by atoms with Gasteiger partial charge in [-0.25, -0.2) is 8.42 Å². The molecule has 0 radical (unpaired) electrons. The molecule has 2 unspecified atom stereocenters. The van der Waals surface area contributed by atoms with E-state index in [0.717, 1.165) is 24.6 Å². The fourth-order valence-corrected chi connectivity index (χ4v) is 4.84. The molecule has 0 aliphatic heterocycles. The molecule has 1 fully saturated rings. The van der Waals surface area contributed by atoms with E-state index >= 15 is 0 Å². The van der Waals surface area contributed by atoms with E-state index < -0.39 is 37.8 Å². The molecule has 3 nitrogen and oxygen atoms in total. The number of hydrogen-bond donors (Lipinski definition) is 1. The smallest absolute Gasteiger partial charge is 0.392 e. The highest BCUT2D eigenvalue weighted by atomic mass is 32.2. The van der Waals surface area contributed by atoms with Crippen LogP contribution in [0.3, 0.4) is 0 Å². The Hall–Kier alpha value is -1.08. The van der Waals surface area contributed by atoms with E-state index in [9.17, 15) is 26.7 Å². The van der Waals surface area contributed by atoms with Crippen molar-refractivity contribution in [1.82, 2.24) is 0 Å². The zero-order chi connectivity index (χ0) is 15.7. The SMILES string of the molecule is O=S(=O)(c1ccccc1C(F)(F)F)C1CCCCCC1O. The fraction of sp³-hybridized carbons (Fsp3) is 0.571. The van der Waals surface area contributed by atoms with Crippen LogP contribution in [0.15, 0.2) is 29.2 Å². The first-order valence-electron chi connectivity index (χ1n) is 6.83. The standard InChI is InChI=1S/C14H17F3O3S/c15-14(16,17)10-6-4-5-8-12(10)21(19,20)13-9-3-1-2-7-11(13)18/h4-6,8,11,13,18H,1-3,7,9H2. The van der Waals surface area contributed by atoms with Gasteiger partial charge in [0, 0.05) is 0 Å². The number of rotatable bonds is 2. The number of benzene rings is 1. The van der Waals surface area contributed by atoms with Crippen molar-refractivity contribution < 1.29 is 26.7 Å². The molecule has 21 heavy (non-hydrogen) atoms. The van der Waals surface area contributed by atoms with Crippen LogP contribution < -0.4 is 0 Å². The Labute approximate surface area is 121 Å². The van der Waals surface area contributed by atoms with Crippen molar-refractivity contribution in [1.29, 1.82) is 0 Å². The number of sulfone groups is 1. The van der Waals surface area contributed by atoms with Crippen LogP contribution in [-0.4, -0.2) is 24.9 Å². The van der Waals surface area contributed by atoms with Crippen molar-refractivity contribution in [3.8, 4) is 0 Å². The molecule has 2 atom stereocenters. The first-order valence-corrected chi connectivity index (χ1v) is 8.37. The predicted octanol–water partition coefficient (Wildman–Crippen LogP) is 3.17. The Kier molecular flexibility index (Phi) is 4.63. The number of halogens is 3. The maximum atomic E-state index is 13.0. The van der Waals surface area contributed by atoms with Crippen molar-refractivity contribution in [2.45, 2.75) is 54.5 Å². The van der Waals surface area contributed by atoms with E-state index in [-0.39, 0.29) is 6.42 Å². The first-order chi connectivity index (χ1) is 9.74. The largest absolute Gasteiger partial charge is 0.417 e. The molecule has 0 saturated heterocycles. The normalized spacial score (nSPS) is 24.6. The number of aliphatic hydroxyl groups excluding tert-OH is 1. The summed E-state index contributed by atoms with van der Waals surface area (Å²) in [5.41, 5.74) is -1.17. The summed E-state index contributed by atoms with van der Waals surface area (Å²) >= 11 is 0. The Balaban J connectivity index is 2.49. The molecule has 1 aliphatic carbocycles. The van der Waals surface area contributed by atoms with Crippen LogP contribution in [0, 0.1) is 0 Å². The van der Waals surface area contributed by atoms with Crippen molar-refractivity contribution in [2.75, 3.05) is 0 Å². The summed E-state index contributed by atoms with van der Waals surface area (Å²) in [7, 11) is -4.22. The van der Waals surface area contributed by atoms with E-state index in [1.54, 1.807) is 0 Å². The van der Waals surface area contributed by atoms with Crippen LogP contribution in [0.4, 0.5) is 13.2 Å². The zero-order valence-corrected chi connectivity index (χ0v) is 12.1. The van der Waals surface area contributed by atoms with E-state index in [4.69, 9.17) is 0 Å². The molecule has 0 spiro atoms. The zero-order valence-electron chi connectivity index (χ0n) is 11.3. The summed E-state index contributed by atoms with van der Waals surface area (Å²) in [6, 6.07) is 4.16. The molecule has 0 amide bonds. The van der Waals surface area contributed by atoms with Crippen molar-refractivity contribution in [3.05, 3.63) is 29.8 Å². The molecular weight excluding hydrogens is 305 g/mol. The quantitative estimate of drug-likeness (QED) is 0.851. The van der Waals surface area contributed by atoms with Gasteiger partial charge in [-0.2, -0.15) is 13.2 Å².